The van der Waals surface area contributed by atoms with Crippen LogP contribution < -0.4 is 5.32 Å². The van der Waals surface area contributed by atoms with E-state index in [1.807, 2.05) is 0 Å². The van der Waals surface area contributed by atoms with Crippen molar-refractivity contribution in [2.45, 2.75) is 64.9 Å². The van der Waals surface area contributed by atoms with Crippen molar-refractivity contribution >= 4 is 0 Å². The fourth-order valence-electron chi connectivity index (χ4n) is 2.31. The minimum absolute atomic E-state index is 0.564. The molecule has 1 saturated heterocycles. The van der Waals surface area contributed by atoms with Crippen LogP contribution in [0.2, 0.25) is 0 Å². The summed E-state index contributed by atoms with van der Waals surface area (Å²) in [5.41, 5.74) is 1.54. The van der Waals surface area contributed by atoms with Crippen LogP contribution in [0.25, 0.3) is 0 Å². The maximum Gasteiger partial charge on any atom is 0.0576 e. The topological polar surface area (TPSA) is 21.3 Å². The Balaban J connectivity index is 1.95. The monoisotopic (exact) mass is 239 g/mol. The Kier molecular flexibility index (Phi) is 8.37. The molecule has 1 atom stereocenters. The number of hydrogen-bond acceptors (Lipinski definition) is 2. The number of rotatable bonds is 9. The fraction of sp³-hybridized carbons (Fsp3) is 0.867. The molecule has 0 radical (unpaired) electrons. The molecule has 1 aliphatic rings. The summed E-state index contributed by atoms with van der Waals surface area (Å²) in [5.74, 6) is 0. The van der Waals surface area contributed by atoms with Crippen LogP contribution in [0.5, 0.6) is 0 Å². The van der Waals surface area contributed by atoms with Crippen molar-refractivity contribution in [1.82, 2.24) is 5.32 Å². The maximum atomic E-state index is 5.63. The minimum Gasteiger partial charge on any atom is -0.378 e. The molecule has 0 saturated carbocycles. The summed E-state index contributed by atoms with van der Waals surface area (Å²) >= 11 is 0. The Hall–Kier alpha value is -0.340. The highest BCUT2D eigenvalue weighted by atomic mass is 16.5. The number of nitrogens with one attached hydrogen (secondary N) is 1. The summed E-state index contributed by atoms with van der Waals surface area (Å²) in [4.78, 5) is 0. The summed E-state index contributed by atoms with van der Waals surface area (Å²) < 4.78 is 5.63. The van der Waals surface area contributed by atoms with Gasteiger partial charge in [-0.05, 0) is 65.0 Å². The standard InChI is InChI=1S/C15H29NO/c1-3-11-16-12-5-8-14(2)7-4-9-15-10-6-13-17-15/h8,15-16H,3-7,9-13H2,1-2H3. The van der Waals surface area contributed by atoms with E-state index in [4.69, 9.17) is 4.74 Å². The van der Waals surface area contributed by atoms with Crippen molar-refractivity contribution < 1.29 is 4.74 Å². The second-order valence-corrected chi connectivity index (χ2v) is 5.12. The summed E-state index contributed by atoms with van der Waals surface area (Å²) in [7, 11) is 0. The van der Waals surface area contributed by atoms with Crippen LogP contribution in [0.15, 0.2) is 11.6 Å². The van der Waals surface area contributed by atoms with Gasteiger partial charge in [-0.25, -0.2) is 0 Å². The molecular formula is C15H29NO. The normalized spacial score (nSPS) is 21.1. The lowest BCUT2D eigenvalue weighted by Gasteiger charge is -2.08. The van der Waals surface area contributed by atoms with E-state index in [1.165, 1.54) is 44.9 Å². The Morgan fingerprint density at radius 3 is 3.00 bits per heavy atom. The van der Waals surface area contributed by atoms with Gasteiger partial charge in [-0.3, -0.25) is 0 Å². The van der Waals surface area contributed by atoms with Crippen LogP contribution in [-0.2, 0) is 4.74 Å². The van der Waals surface area contributed by atoms with Crippen LogP contribution in [0.3, 0.4) is 0 Å². The first-order chi connectivity index (χ1) is 8.33. The van der Waals surface area contributed by atoms with Crippen LogP contribution in [-0.4, -0.2) is 25.8 Å². The van der Waals surface area contributed by atoms with Gasteiger partial charge in [-0.1, -0.05) is 18.6 Å². The van der Waals surface area contributed by atoms with Gasteiger partial charge in [-0.15, -0.1) is 0 Å². The SMILES string of the molecule is CCCNCCC=C(C)CCCC1CCCO1. The van der Waals surface area contributed by atoms with Gasteiger partial charge < -0.3 is 10.1 Å². The first-order valence-corrected chi connectivity index (χ1v) is 7.31. The molecule has 1 fully saturated rings. The van der Waals surface area contributed by atoms with Crippen molar-refractivity contribution in [3.8, 4) is 0 Å². The first kappa shape index (κ1) is 14.7. The van der Waals surface area contributed by atoms with E-state index in [9.17, 15) is 0 Å². The second kappa shape index (κ2) is 9.67. The highest BCUT2D eigenvalue weighted by Crippen LogP contribution is 2.19. The van der Waals surface area contributed by atoms with Crippen molar-refractivity contribution in [3.05, 3.63) is 11.6 Å². The van der Waals surface area contributed by atoms with E-state index in [0.717, 1.165) is 19.7 Å². The fourth-order valence-corrected chi connectivity index (χ4v) is 2.31. The zero-order valence-electron chi connectivity index (χ0n) is 11.6. The molecule has 0 aromatic rings. The van der Waals surface area contributed by atoms with Crippen molar-refractivity contribution in [2.75, 3.05) is 19.7 Å². The molecule has 100 valence electrons. The predicted molar refractivity (Wildman–Crippen MR) is 74.4 cm³/mol. The largest absolute Gasteiger partial charge is 0.378 e. The first-order valence-electron chi connectivity index (χ1n) is 7.31. The highest BCUT2D eigenvalue weighted by Gasteiger charge is 2.14. The van der Waals surface area contributed by atoms with E-state index >= 15 is 0 Å². The van der Waals surface area contributed by atoms with Gasteiger partial charge in [0.05, 0.1) is 6.10 Å². The molecule has 2 heteroatoms. The molecule has 1 aliphatic heterocycles. The van der Waals surface area contributed by atoms with Gasteiger partial charge in [0, 0.05) is 6.61 Å². The quantitative estimate of drug-likeness (QED) is 0.489. The van der Waals surface area contributed by atoms with E-state index in [2.05, 4.69) is 25.2 Å². The van der Waals surface area contributed by atoms with Gasteiger partial charge in [-0.2, -0.15) is 0 Å². The Bertz CT molecular complexity index is 207. The van der Waals surface area contributed by atoms with E-state index in [-0.39, 0.29) is 0 Å². The summed E-state index contributed by atoms with van der Waals surface area (Å²) in [6.07, 6.45) is 11.7. The van der Waals surface area contributed by atoms with Gasteiger partial charge in [0.2, 0.25) is 0 Å². The van der Waals surface area contributed by atoms with E-state index < -0.39 is 0 Å². The lowest BCUT2D eigenvalue weighted by atomic mass is 10.0. The second-order valence-electron chi connectivity index (χ2n) is 5.12. The van der Waals surface area contributed by atoms with Crippen LogP contribution in [0.1, 0.15) is 58.8 Å². The molecule has 1 unspecified atom stereocenters. The van der Waals surface area contributed by atoms with E-state index in [1.54, 1.807) is 5.57 Å². The Morgan fingerprint density at radius 2 is 2.29 bits per heavy atom. The van der Waals surface area contributed by atoms with Gasteiger partial charge in [0.25, 0.3) is 0 Å². The smallest absolute Gasteiger partial charge is 0.0576 e. The number of allylic oxidation sites excluding steroid dienone is 1. The molecule has 1 heterocycles. The summed E-state index contributed by atoms with van der Waals surface area (Å²) in [5, 5.41) is 3.43. The third-order valence-electron chi connectivity index (χ3n) is 3.36. The molecule has 17 heavy (non-hydrogen) atoms. The predicted octanol–water partition coefficient (Wildman–Crippen LogP) is 3.67. The lowest BCUT2D eigenvalue weighted by Crippen LogP contribution is -2.15. The maximum absolute atomic E-state index is 5.63. The Labute approximate surface area is 107 Å². The molecule has 0 amide bonds. The van der Waals surface area contributed by atoms with Gasteiger partial charge in [0.15, 0.2) is 0 Å². The van der Waals surface area contributed by atoms with Crippen molar-refractivity contribution in [1.29, 1.82) is 0 Å². The zero-order chi connectivity index (χ0) is 12.3. The highest BCUT2D eigenvalue weighted by molar-refractivity contribution is 4.98. The Morgan fingerprint density at radius 1 is 1.41 bits per heavy atom. The molecule has 0 aromatic heterocycles. The zero-order valence-corrected chi connectivity index (χ0v) is 11.6. The summed E-state index contributed by atoms with van der Waals surface area (Å²) in [6, 6.07) is 0. The lowest BCUT2D eigenvalue weighted by molar-refractivity contribution is 0.102. The molecule has 0 spiro atoms. The average molecular weight is 239 g/mol. The summed E-state index contributed by atoms with van der Waals surface area (Å²) in [6.45, 7) is 7.72. The van der Waals surface area contributed by atoms with Gasteiger partial charge >= 0.3 is 0 Å². The number of hydrogen-bond donors (Lipinski definition) is 1. The molecule has 0 aliphatic carbocycles. The van der Waals surface area contributed by atoms with Crippen LogP contribution >= 0.6 is 0 Å². The molecule has 0 bridgehead atoms. The van der Waals surface area contributed by atoms with Crippen molar-refractivity contribution in [2.24, 2.45) is 0 Å². The van der Waals surface area contributed by atoms with Crippen LogP contribution in [0.4, 0.5) is 0 Å². The van der Waals surface area contributed by atoms with Crippen LogP contribution in [0, 0.1) is 0 Å². The minimum atomic E-state index is 0.564. The van der Waals surface area contributed by atoms with Crippen molar-refractivity contribution in [3.63, 3.8) is 0 Å². The molecule has 1 rings (SSSR count). The average Bonchev–Trinajstić information content (AvgIpc) is 2.82. The molecule has 2 nitrogen and oxygen atoms in total. The molecule has 1 N–H and O–H groups in total. The third kappa shape index (κ3) is 7.56. The molecular weight excluding hydrogens is 210 g/mol. The number of ether oxygens (including phenoxy) is 1. The van der Waals surface area contributed by atoms with E-state index in [0.29, 0.717) is 6.10 Å². The van der Waals surface area contributed by atoms with Gasteiger partial charge in [0.1, 0.15) is 0 Å². The molecule has 0 aromatic carbocycles. The third-order valence-corrected chi connectivity index (χ3v) is 3.36.